The van der Waals surface area contributed by atoms with Crippen LogP contribution >= 0.6 is 0 Å². The Bertz CT molecular complexity index is 703. The fourth-order valence-electron chi connectivity index (χ4n) is 3.07. The summed E-state index contributed by atoms with van der Waals surface area (Å²) in [4.78, 5) is 36.1. The van der Waals surface area contributed by atoms with Crippen molar-refractivity contribution in [1.82, 2.24) is 5.32 Å². The molecule has 128 valence electrons. The van der Waals surface area contributed by atoms with Crippen molar-refractivity contribution >= 4 is 23.5 Å². The van der Waals surface area contributed by atoms with Gasteiger partial charge in [-0.1, -0.05) is 0 Å². The largest absolute Gasteiger partial charge is 0.481 e. The van der Waals surface area contributed by atoms with Crippen molar-refractivity contribution in [2.75, 3.05) is 11.4 Å². The summed E-state index contributed by atoms with van der Waals surface area (Å²) in [5.74, 6) is -4.30. The first-order chi connectivity index (χ1) is 11.3. The van der Waals surface area contributed by atoms with Crippen molar-refractivity contribution in [3.63, 3.8) is 0 Å². The Balaban J connectivity index is 1.60. The van der Waals surface area contributed by atoms with E-state index in [0.717, 1.165) is 11.0 Å². The first kappa shape index (κ1) is 16.4. The molecule has 0 spiro atoms. The normalized spacial score (nSPS) is 26.2. The molecule has 1 saturated carbocycles. The second kappa shape index (κ2) is 6.18. The van der Waals surface area contributed by atoms with Crippen molar-refractivity contribution in [3.8, 4) is 0 Å². The van der Waals surface area contributed by atoms with Crippen LogP contribution in [0, 0.1) is 23.5 Å². The molecule has 0 aromatic heterocycles. The van der Waals surface area contributed by atoms with Gasteiger partial charge in [0.1, 0.15) is 11.6 Å². The van der Waals surface area contributed by atoms with Gasteiger partial charge in [-0.2, -0.15) is 0 Å². The van der Waals surface area contributed by atoms with Crippen LogP contribution in [0.3, 0.4) is 0 Å². The maximum Gasteiger partial charge on any atom is 0.306 e. The minimum Gasteiger partial charge on any atom is -0.481 e. The zero-order valence-electron chi connectivity index (χ0n) is 12.7. The quantitative estimate of drug-likeness (QED) is 0.866. The molecule has 2 amide bonds. The van der Waals surface area contributed by atoms with Crippen LogP contribution in [0.2, 0.25) is 0 Å². The van der Waals surface area contributed by atoms with E-state index >= 15 is 0 Å². The molecule has 1 aromatic carbocycles. The minimum atomic E-state index is -0.880. The fourth-order valence-corrected chi connectivity index (χ4v) is 3.07. The van der Waals surface area contributed by atoms with E-state index in [0.29, 0.717) is 18.9 Å². The van der Waals surface area contributed by atoms with Crippen molar-refractivity contribution in [3.05, 3.63) is 29.8 Å². The lowest BCUT2D eigenvalue weighted by Crippen LogP contribution is -2.48. The molecule has 1 heterocycles. The summed E-state index contributed by atoms with van der Waals surface area (Å²) in [5, 5.41) is 11.5. The average molecular weight is 338 g/mol. The number of rotatable bonds is 4. The number of carboxylic acid groups (broad SMARTS) is 1. The summed E-state index contributed by atoms with van der Waals surface area (Å²) in [5.41, 5.74) is -0.0497. The number of anilines is 1. The number of hydrogen-bond donors (Lipinski definition) is 2. The number of carboxylic acids is 1. The highest BCUT2D eigenvalue weighted by Crippen LogP contribution is 2.30. The van der Waals surface area contributed by atoms with Gasteiger partial charge in [0, 0.05) is 25.1 Å². The lowest BCUT2D eigenvalue weighted by Gasteiger charge is -2.33. The van der Waals surface area contributed by atoms with Crippen LogP contribution < -0.4 is 10.2 Å². The Hall–Kier alpha value is -2.51. The topological polar surface area (TPSA) is 86.7 Å². The van der Waals surface area contributed by atoms with E-state index < -0.39 is 35.3 Å². The lowest BCUT2D eigenvalue weighted by molar-refractivity contribution is -0.146. The van der Waals surface area contributed by atoms with Gasteiger partial charge in [0.15, 0.2) is 0 Å². The Labute approximate surface area is 136 Å². The van der Waals surface area contributed by atoms with E-state index in [4.69, 9.17) is 5.11 Å². The van der Waals surface area contributed by atoms with Crippen molar-refractivity contribution in [1.29, 1.82) is 0 Å². The van der Waals surface area contributed by atoms with Crippen molar-refractivity contribution in [2.45, 2.75) is 25.3 Å². The zero-order valence-corrected chi connectivity index (χ0v) is 12.7. The van der Waals surface area contributed by atoms with Crippen LogP contribution in [0.1, 0.15) is 19.3 Å². The van der Waals surface area contributed by atoms with Gasteiger partial charge in [0.05, 0.1) is 17.5 Å². The van der Waals surface area contributed by atoms with Crippen LogP contribution in [0.5, 0.6) is 0 Å². The predicted octanol–water partition coefficient (Wildman–Crippen LogP) is 1.30. The number of carbonyl (C=O) groups excluding carboxylic acids is 2. The van der Waals surface area contributed by atoms with Crippen LogP contribution in [0.25, 0.3) is 0 Å². The number of aliphatic carboxylic acids is 1. The summed E-state index contributed by atoms with van der Waals surface area (Å²) in [6, 6.07) is 2.72. The number of carbonyl (C=O) groups is 3. The van der Waals surface area contributed by atoms with Crippen LogP contribution in [0.4, 0.5) is 14.5 Å². The van der Waals surface area contributed by atoms with Gasteiger partial charge >= 0.3 is 5.97 Å². The summed E-state index contributed by atoms with van der Waals surface area (Å²) in [6.07, 6.45) is 0.688. The molecule has 1 atom stereocenters. The van der Waals surface area contributed by atoms with Crippen LogP contribution in [-0.2, 0) is 14.4 Å². The highest BCUT2D eigenvalue weighted by atomic mass is 19.1. The molecular weight excluding hydrogens is 322 g/mol. The SMILES string of the molecule is O=C(O)C1CC(NC(=O)C2CC(=O)N(c3ccc(F)cc3F)C2)C1. The summed E-state index contributed by atoms with van der Waals surface area (Å²) in [7, 11) is 0. The summed E-state index contributed by atoms with van der Waals surface area (Å²) < 4.78 is 26.8. The molecule has 1 unspecified atom stereocenters. The van der Waals surface area contributed by atoms with Gasteiger partial charge in [0.25, 0.3) is 0 Å². The van der Waals surface area contributed by atoms with E-state index in [1.807, 2.05) is 0 Å². The van der Waals surface area contributed by atoms with Gasteiger partial charge in [-0.25, -0.2) is 8.78 Å². The molecule has 0 radical (unpaired) electrons. The summed E-state index contributed by atoms with van der Waals surface area (Å²) >= 11 is 0. The van der Waals surface area contributed by atoms with E-state index in [1.165, 1.54) is 6.07 Å². The van der Waals surface area contributed by atoms with E-state index in [2.05, 4.69) is 5.32 Å². The molecule has 1 saturated heterocycles. The molecule has 2 aliphatic rings. The van der Waals surface area contributed by atoms with Gasteiger partial charge in [-0.05, 0) is 25.0 Å². The molecule has 6 nitrogen and oxygen atoms in total. The maximum atomic E-state index is 13.8. The second-order valence-corrected chi connectivity index (χ2v) is 6.21. The smallest absolute Gasteiger partial charge is 0.306 e. The van der Waals surface area contributed by atoms with Gasteiger partial charge in [-0.15, -0.1) is 0 Å². The number of nitrogens with zero attached hydrogens (tertiary/aromatic N) is 1. The number of halogens is 2. The molecule has 1 aliphatic heterocycles. The van der Waals surface area contributed by atoms with E-state index in [1.54, 1.807) is 0 Å². The third kappa shape index (κ3) is 3.08. The maximum absolute atomic E-state index is 13.8. The van der Waals surface area contributed by atoms with E-state index in [-0.39, 0.29) is 30.6 Å². The Morgan fingerprint density at radius 2 is 1.92 bits per heavy atom. The molecule has 24 heavy (non-hydrogen) atoms. The third-order valence-corrected chi connectivity index (χ3v) is 4.53. The third-order valence-electron chi connectivity index (χ3n) is 4.53. The lowest BCUT2D eigenvalue weighted by atomic mass is 9.80. The highest BCUT2D eigenvalue weighted by Gasteiger charge is 2.40. The van der Waals surface area contributed by atoms with Gasteiger partial charge in [0.2, 0.25) is 11.8 Å². The Morgan fingerprint density at radius 1 is 1.21 bits per heavy atom. The average Bonchev–Trinajstić information content (AvgIpc) is 2.84. The highest BCUT2D eigenvalue weighted by molar-refractivity contribution is 6.00. The standard InChI is InChI=1S/C16H16F2N2O4/c17-10-1-2-13(12(18)6-10)20-7-9(5-14(20)21)15(22)19-11-3-8(4-11)16(23)24/h1-2,6,8-9,11H,3-5,7H2,(H,19,22)(H,23,24). The molecule has 1 aliphatic carbocycles. The number of amides is 2. The molecular formula is C16H16F2N2O4. The monoisotopic (exact) mass is 338 g/mol. The molecule has 1 aromatic rings. The Morgan fingerprint density at radius 3 is 2.54 bits per heavy atom. The van der Waals surface area contributed by atoms with Crippen LogP contribution in [-0.4, -0.2) is 35.5 Å². The Kier molecular flexibility index (Phi) is 4.21. The number of hydrogen-bond acceptors (Lipinski definition) is 3. The first-order valence-corrected chi connectivity index (χ1v) is 7.63. The first-order valence-electron chi connectivity index (χ1n) is 7.63. The molecule has 0 bridgehead atoms. The van der Waals surface area contributed by atoms with Crippen molar-refractivity contribution in [2.24, 2.45) is 11.8 Å². The predicted molar refractivity (Wildman–Crippen MR) is 79.1 cm³/mol. The van der Waals surface area contributed by atoms with Gasteiger partial charge < -0.3 is 15.3 Å². The molecule has 3 rings (SSSR count). The fraction of sp³-hybridized carbons (Fsp3) is 0.438. The van der Waals surface area contributed by atoms with Crippen LogP contribution in [0.15, 0.2) is 18.2 Å². The number of nitrogens with one attached hydrogen (secondary N) is 1. The molecule has 2 N–H and O–H groups in total. The molecule has 8 heteroatoms. The summed E-state index contributed by atoms with van der Waals surface area (Å²) in [6.45, 7) is 0.0162. The molecule has 2 fully saturated rings. The zero-order chi connectivity index (χ0) is 17.4. The van der Waals surface area contributed by atoms with Crippen molar-refractivity contribution < 1.29 is 28.3 Å². The second-order valence-electron chi connectivity index (χ2n) is 6.21. The van der Waals surface area contributed by atoms with Gasteiger partial charge in [-0.3, -0.25) is 14.4 Å². The minimum absolute atomic E-state index is 0.0162. The van der Waals surface area contributed by atoms with E-state index in [9.17, 15) is 23.2 Å². The number of benzene rings is 1.